The lowest BCUT2D eigenvalue weighted by atomic mass is 10.0. The van der Waals surface area contributed by atoms with Crippen LogP contribution >= 0.6 is 0 Å². The van der Waals surface area contributed by atoms with Crippen molar-refractivity contribution in [3.8, 4) is 22.9 Å². The normalized spacial score (nSPS) is 19.7. The largest absolute Gasteiger partial charge is 0.383 e. The van der Waals surface area contributed by atoms with E-state index in [0.717, 1.165) is 42.7 Å². The Morgan fingerprint density at radius 2 is 1.92 bits per heavy atom. The molecule has 0 saturated carbocycles. The SMILES string of the molecule is Nc1ncccc1-c1nc2ccc(-n3cccn3)nc2n1-c1ccc2c(c1)C[C@@H](F)[C@@H]2NC1CCNCC1. The minimum Gasteiger partial charge on any atom is -0.383 e. The van der Waals surface area contributed by atoms with Crippen LogP contribution in [0, 0.1) is 0 Å². The van der Waals surface area contributed by atoms with Gasteiger partial charge in [-0.15, -0.1) is 0 Å². The van der Waals surface area contributed by atoms with Crippen LogP contribution < -0.4 is 16.4 Å². The van der Waals surface area contributed by atoms with E-state index in [4.69, 9.17) is 15.7 Å². The van der Waals surface area contributed by atoms with Gasteiger partial charge < -0.3 is 16.4 Å². The summed E-state index contributed by atoms with van der Waals surface area (Å²) >= 11 is 0. The Balaban J connectivity index is 1.35. The van der Waals surface area contributed by atoms with E-state index in [0.29, 0.717) is 46.7 Å². The van der Waals surface area contributed by atoms with Gasteiger partial charge in [-0.3, -0.25) is 4.57 Å². The molecule has 9 nitrogen and oxygen atoms in total. The molecular formula is C28H28FN9. The maximum atomic E-state index is 15.3. The number of aromatic nitrogens is 6. The second kappa shape index (κ2) is 9.30. The summed E-state index contributed by atoms with van der Waals surface area (Å²) in [5.74, 6) is 1.69. The molecule has 5 heterocycles. The van der Waals surface area contributed by atoms with E-state index in [-0.39, 0.29) is 6.04 Å². The van der Waals surface area contributed by atoms with Crippen molar-refractivity contribution >= 4 is 17.0 Å². The zero-order valence-electron chi connectivity index (χ0n) is 20.8. The first-order chi connectivity index (χ1) is 18.7. The minimum absolute atomic E-state index is 0.292. The highest BCUT2D eigenvalue weighted by atomic mass is 19.1. The number of pyridine rings is 2. The number of benzene rings is 1. The van der Waals surface area contributed by atoms with Crippen molar-refractivity contribution in [1.29, 1.82) is 0 Å². The highest BCUT2D eigenvalue weighted by Crippen LogP contribution is 2.37. The monoisotopic (exact) mass is 509 g/mol. The molecule has 1 aliphatic heterocycles. The Morgan fingerprint density at radius 3 is 2.74 bits per heavy atom. The summed E-state index contributed by atoms with van der Waals surface area (Å²) in [6.07, 6.45) is 6.65. The number of hydrogen-bond donors (Lipinski definition) is 3. The molecule has 2 aliphatic rings. The van der Waals surface area contributed by atoms with Crippen LogP contribution in [0.4, 0.5) is 10.2 Å². The highest BCUT2D eigenvalue weighted by Gasteiger charge is 2.34. The fourth-order valence-corrected chi connectivity index (χ4v) is 5.68. The Morgan fingerprint density at radius 1 is 1.03 bits per heavy atom. The van der Waals surface area contributed by atoms with E-state index in [1.54, 1.807) is 17.1 Å². The molecule has 1 aliphatic carbocycles. The summed E-state index contributed by atoms with van der Waals surface area (Å²) in [5.41, 5.74) is 11.2. The van der Waals surface area contributed by atoms with Gasteiger partial charge in [0.25, 0.3) is 0 Å². The van der Waals surface area contributed by atoms with Gasteiger partial charge in [0.15, 0.2) is 17.3 Å². The van der Waals surface area contributed by atoms with Gasteiger partial charge in [-0.2, -0.15) is 5.10 Å². The molecular weight excluding hydrogens is 481 g/mol. The zero-order valence-corrected chi connectivity index (χ0v) is 20.8. The molecule has 192 valence electrons. The van der Waals surface area contributed by atoms with E-state index in [9.17, 15) is 0 Å². The number of halogens is 1. The number of imidazole rings is 1. The summed E-state index contributed by atoms with van der Waals surface area (Å²) < 4.78 is 19.0. The Bertz CT molecular complexity index is 1600. The lowest BCUT2D eigenvalue weighted by Crippen LogP contribution is -2.43. The van der Waals surface area contributed by atoms with Gasteiger partial charge in [0, 0.05) is 36.7 Å². The van der Waals surface area contributed by atoms with Gasteiger partial charge >= 0.3 is 0 Å². The van der Waals surface area contributed by atoms with Gasteiger partial charge in [-0.25, -0.2) is 24.0 Å². The van der Waals surface area contributed by atoms with E-state index in [1.165, 1.54) is 0 Å². The minimum atomic E-state index is -0.965. The van der Waals surface area contributed by atoms with Gasteiger partial charge in [-0.1, -0.05) is 6.07 Å². The fourth-order valence-electron chi connectivity index (χ4n) is 5.68. The third-order valence-electron chi connectivity index (χ3n) is 7.56. The summed E-state index contributed by atoms with van der Waals surface area (Å²) in [6.45, 7) is 1.93. The van der Waals surface area contributed by atoms with Crippen molar-refractivity contribution in [2.45, 2.75) is 37.5 Å². The van der Waals surface area contributed by atoms with Gasteiger partial charge in [0.2, 0.25) is 0 Å². The number of hydrogen-bond acceptors (Lipinski definition) is 7. The predicted octanol–water partition coefficient (Wildman–Crippen LogP) is 3.53. The molecule has 0 spiro atoms. The molecule has 0 bridgehead atoms. The van der Waals surface area contributed by atoms with Crippen LogP contribution in [0.5, 0.6) is 0 Å². The van der Waals surface area contributed by atoms with Crippen LogP contribution in [0.25, 0.3) is 34.1 Å². The van der Waals surface area contributed by atoms with Crippen molar-refractivity contribution in [3.63, 3.8) is 0 Å². The maximum absolute atomic E-state index is 15.3. The van der Waals surface area contributed by atoms with Crippen molar-refractivity contribution in [3.05, 3.63) is 78.2 Å². The summed E-state index contributed by atoms with van der Waals surface area (Å²) in [4.78, 5) is 14.1. The van der Waals surface area contributed by atoms with Crippen LogP contribution in [0.1, 0.15) is 30.0 Å². The topological polar surface area (TPSA) is 112 Å². The van der Waals surface area contributed by atoms with Crippen molar-refractivity contribution in [2.24, 2.45) is 0 Å². The number of nitrogen functional groups attached to an aromatic ring is 1. The number of rotatable bonds is 5. The maximum Gasteiger partial charge on any atom is 0.167 e. The van der Waals surface area contributed by atoms with Crippen LogP contribution in [-0.4, -0.2) is 54.6 Å². The number of alkyl halides is 1. The number of fused-ring (bicyclic) bond motifs is 2. The number of piperidine rings is 1. The summed E-state index contributed by atoms with van der Waals surface area (Å²) in [7, 11) is 0. The van der Waals surface area contributed by atoms with Gasteiger partial charge in [0.1, 0.15) is 17.5 Å². The number of nitrogens with one attached hydrogen (secondary N) is 2. The Kier molecular flexibility index (Phi) is 5.63. The molecule has 1 saturated heterocycles. The van der Waals surface area contributed by atoms with Gasteiger partial charge in [0.05, 0.1) is 11.6 Å². The molecule has 10 heteroatoms. The number of anilines is 1. The van der Waals surface area contributed by atoms with Crippen LogP contribution in [0.2, 0.25) is 0 Å². The predicted molar refractivity (Wildman–Crippen MR) is 144 cm³/mol. The van der Waals surface area contributed by atoms with E-state index in [1.807, 2.05) is 53.2 Å². The third-order valence-corrected chi connectivity index (χ3v) is 7.56. The second-order valence-electron chi connectivity index (χ2n) is 9.94. The highest BCUT2D eigenvalue weighted by molar-refractivity contribution is 5.83. The summed E-state index contributed by atoms with van der Waals surface area (Å²) in [6, 6.07) is 15.6. The molecule has 0 unspecified atom stereocenters. The lowest BCUT2D eigenvalue weighted by molar-refractivity contribution is 0.238. The second-order valence-corrected chi connectivity index (χ2v) is 9.94. The van der Waals surface area contributed by atoms with Crippen molar-refractivity contribution in [2.75, 3.05) is 18.8 Å². The van der Waals surface area contributed by atoms with E-state index >= 15 is 4.39 Å². The number of nitrogens with two attached hydrogens (primary N) is 1. The Hall–Kier alpha value is -4.15. The average Bonchev–Trinajstić information content (AvgIpc) is 3.67. The molecule has 0 amide bonds. The smallest absolute Gasteiger partial charge is 0.167 e. The fraction of sp³-hybridized carbons (Fsp3) is 0.286. The lowest BCUT2D eigenvalue weighted by Gasteiger charge is -2.28. The van der Waals surface area contributed by atoms with Crippen LogP contribution in [0.15, 0.2) is 67.1 Å². The molecule has 5 aromatic rings. The van der Waals surface area contributed by atoms with E-state index < -0.39 is 6.17 Å². The molecule has 7 rings (SSSR count). The standard InChI is InChI=1S/C28H28FN9/c29-22-16-17-15-19(4-5-20(17)25(22)34-18-8-12-31-13-9-18)38-27(21-3-1-10-32-26(21)30)35-23-6-7-24(36-28(23)38)37-14-2-11-33-37/h1-7,10-11,14-15,18,22,25,31,34H,8-9,12-13,16H2,(H2,30,32)/t22-,25-/m1/s1. The zero-order chi connectivity index (χ0) is 25.6. The molecule has 4 N–H and O–H groups in total. The molecule has 1 fully saturated rings. The molecule has 1 aromatic carbocycles. The number of nitrogens with zero attached hydrogens (tertiary/aromatic N) is 6. The van der Waals surface area contributed by atoms with Gasteiger partial charge in [-0.05, 0) is 79.5 Å². The summed E-state index contributed by atoms with van der Waals surface area (Å²) in [5, 5.41) is 11.3. The van der Waals surface area contributed by atoms with Crippen LogP contribution in [0.3, 0.4) is 0 Å². The molecule has 38 heavy (non-hydrogen) atoms. The molecule has 0 radical (unpaired) electrons. The average molecular weight is 510 g/mol. The van der Waals surface area contributed by atoms with Crippen LogP contribution in [-0.2, 0) is 6.42 Å². The Labute approximate surface area is 218 Å². The third kappa shape index (κ3) is 3.93. The first-order valence-corrected chi connectivity index (χ1v) is 13.0. The quantitative estimate of drug-likeness (QED) is 0.332. The van der Waals surface area contributed by atoms with E-state index in [2.05, 4.69) is 26.8 Å². The van der Waals surface area contributed by atoms with Crippen molar-refractivity contribution in [1.82, 2.24) is 39.9 Å². The first kappa shape index (κ1) is 23.0. The van der Waals surface area contributed by atoms with Crippen molar-refractivity contribution < 1.29 is 4.39 Å². The molecule has 2 atom stereocenters. The first-order valence-electron chi connectivity index (χ1n) is 13.0. The molecule has 4 aromatic heterocycles.